The van der Waals surface area contributed by atoms with E-state index in [-0.39, 0.29) is 0 Å². The molecule has 5 heterocycles. The molecule has 2 aromatic heterocycles. The Bertz CT molecular complexity index is 917. The number of rotatable bonds is 4. The third-order valence-corrected chi connectivity index (χ3v) is 7.17. The van der Waals surface area contributed by atoms with Crippen LogP contribution in [-0.4, -0.2) is 50.9 Å². The summed E-state index contributed by atoms with van der Waals surface area (Å²) in [4.78, 5) is 31.4. The molecule has 2 aromatic rings. The standard InChI is InChI=1S/C24H31N5O/c1-3-6-20-18-12-19(21-8-4-9-23(30)29(20)21)15-28(14-18)22-11-16(2)26-24(27-22)17-7-5-10-25-13-17/h5,7,10-11,13,18-21H,3-4,6,8-9,12,14-15H2,1-2H3/t18-,19+,20-,21-/m0/s1. The van der Waals surface area contributed by atoms with Crippen molar-refractivity contribution in [2.45, 2.75) is 64.5 Å². The van der Waals surface area contributed by atoms with Crippen LogP contribution in [0.25, 0.3) is 11.4 Å². The molecule has 3 aliphatic rings. The van der Waals surface area contributed by atoms with Gasteiger partial charge in [-0.25, -0.2) is 9.97 Å². The van der Waals surface area contributed by atoms with Gasteiger partial charge in [0.05, 0.1) is 0 Å². The van der Waals surface area contributed by atoms with Crippen molar-refractivity contribution in [1.29, 1.82) is 0 Å². The fourth-order valence-corrected chi connectivity index (χ4v) is 5.97. The zero-order chi connectivity index (χ0) is 20.7. The molecule has 1 amide bonds. The fourth-order valence-electron chi connectivity index (χ4n) is 5.97. The van der Waals surface area contributed by atoms with Crippen LogP contribution in [-0.2, 0) is 4.79 Å². The summed E-state index contributed by atoms with van der Waals surface area (Å²) >= 11 is 0. The lowest BCUT2D eigenvalue weighted by Gasteiger charge is -2.57. The predicted octanol–water partition coefficient (Wildman–Crippen LogP) is 3.85. The highest BCUT2D eigenvalue weighted by molar-refractivity contribution is 5.78. The largest absolute Gasteiger partial charge is 0.356 e. The molecular formula is C24H31N5O. The molecule has 3 saturated heterocycles. The van der Waals surface area contributed by atoms with Crippen molar-refractivity contribution in [3.05, 3.63) is 36.3 Å². The van der Waals surface area contributed by atoms with Crippen LogP contribution in [0.4, 0.5) is 5.82 Å². The van der Waals surface area contributed by atoms with Crippen LogP contribution in [0.2, 0.25) is 0 Å². The van der Waals surface area contributed by atoms with Crippen molar-refractivity contribution in [1.82, 2.24) is 19.9 Å². The molecule has 0 aliphatic carbocycles. The summed E-state index contributed by atoms with van der Waals surface area (Å²) < 4.78 is 0. The molecule has 0 radical (unpaired) electrons. The Balaban J connectivity index is 1.46. The van der Waals surface area contributed by atoms with Crippen LogP contribution in [0.3, 0.4) is 0 Å². The van der Waals surface area contributed by atoms with Crippen LogP contribution in [0.15, 0.2) is 30.6 Å². The van der Waals surface area contributed by atoms with E-state index in [0.29, 0.717) is 29.8 Å². The average Bonchev–Trinajstić information content (AvgIpc) is 2.77. The normalized spacial score (nSPS) is 28.4. The molecule has 3 aliphatic heterocycles. The fraction of sp³-hybridized carbons (Fsp3) is 0.583. The minimum absolute atomic E-state index is 0.382. The number of hydrogen-bond donors (Lipinski definition) is 0. The summed E-state index contributed by atoms with van der Waals surface area (Å²) in [5, 5.41) is 0. The van der Waals surface area contributed by atoms with Gasteiger partial charge in [-0.3, -0.25) is 9.78 Å². The average molecular weight is 406 g/mol. The molecule has 4 atom stereocenters. The first-order valence-electron chi connectivity index (χ1n) is 11.5. The van der Waals surface area contributed by atoms with E-state index in [4.69, 9.17) is 4.98 Å². The van der Waals surface area contributed by atoms with E-state index in [1.54, 1.807) is 6.20 Å². The number of carbonyl (C=O) groups excluding carboxylic acids is 1. The molecule has 3 fully saturated rings. The Hall–Kier alpha value is -2.50. The van der Waals surface area contributed by atoms with Gasteiger partial charge in [-0.1, -0.05) is 13.3 Å². The SMILES string of the molecule is CCC[C@H]1[C@H]2C[C@H](CN(c3cc(C)nc(-c4cccnc4)n3)C2)[C@@H]2CCCC(=O)N21. The van der Waals surface area contributed by atoms with Crippen LogP contribution < -0.4 is 4.90 Å². The molecule has 0 N–H and O–H groups in total. The van der Waals surface area contributed by atoms with Crippen molar-refractivity contribution >= 4 is 11.7 Å². The molecule has 0 spiro atoms. The van der Waals surface area contributed by atoms with Gasteiger partial charge in [-0.05, 0) is 56.6 Å². The number of aryl methyl sites for hydroxylation is 1. The van der Waals surface area contributed by atoms with E-state index in [0.717, 1.165) is 68.1 Å². The molecule has 2 bridgehead atoms. The van der Waals surface area contributed by atoms with Crippen molar-refractivity contribution in [2.24, 2.45) is 11.8 Å². The molecule has 0 saturated carbocycles. The second-order valence-electron chi connectivity index (χ2n) is 9.21. The minimum atomic E-state index is 0.382. The highest BCUT2D eigenvalue weighted by Gasteiger charge is 2.49. The van der Waals surface area contributed by atoms with Gasteiger partial charge in [0, 0.05) is 61.3 Å². The van der Waals surface area contributed by atoms with Crippen molar-refractivity contribution in [2.75, 3.05) is 18.0 Å². The number of fused-ring (bicyclic) bond motifs is 4. The Morgan fingerprint density at radius 2 is 2.07 bits per heavy atom. The van der Waals surface area contributed by atoms with E-state index in [1.165, 1.54) is 6.42 Å². The summed E-state index contributed by atoms with van der Waals surface area (Å²) in [6, 6.07) is 6.84. The minimum Gasteiger partial charge on any atom is -0.356 e. The molecule has 6 nitrogen and oxygen atoms in total. The van der Waals surface area contributed by atoms with Gasteiger partial charge in [-0.15, -0.1) is 0 Å². The van der Waals surface area contributed by atoms with Crippen molar-refractivity contribution < 1.29 is 4.79 Å². The number of aromatic nitrogens is 3. The summed E-state index contributed by atoms with van der Waals surface area (Å²) in [7, 11) is 0. The molecule has 0 aromatic carbocycles. The summed E-state index contributed by atoms with van der Waals surface area (Å²) in [5.41, 5.74) is 1.93. The van der Waals surface area contributed by atoms with Gasteiger partial charge < -0.3 is 9.80 Å². The number of anilines is 1. The second-order valence-corrected chi connectivity index (χ2v) is 9.21. The lowest BCUT2D eigenvalue weighted by Crippen LogP contribution is -2.65. The topological polar surface area (TPSA) is 62.2 Å². The third kappa shape index (κ3) is 3.46. The van der Waals surface area contributed by atoms with Crippen molar-refractivity contribution in [3.8, 4) is 11.4 Å². The smallest absolute Gasteiger partial charge is 0.223 e. The summed E-state index contributed by atoms with van der Waals surface area (Å²) in [6.45, 7) is 6.23. The molecular weight excluding hydrogens is 374 g/mol. The third-order valence-electron chi connectivity index (χ3n) is 7.17. The summed E-state index contributed by atoms with van der Waals surface area (Å²) in [5.74, 6) is 3.22. The van der Waals surface area contributed by atoms with Gasteiger partial charge in [0.15, 0.2) is 5.82 Å². The van der Waals surface area contributed by atoms with Crippen LogP contribution >= 0.6 is 0 Å². The van der Waals surface area contributed by atoms with E-state index in [1.807, 2.05) is 25.3 Å². The number of hydrogen-bond acceptors (Lipinski definition) is 5. The van der Waals surface area contributed by atoms with Crippen LogP contribution in [0, 0.1) is 18.8 Å². The van der Waals surface area contributed by atoms with Gasteiger partial charge >= 0.3 is 0 Å². The lowest BCUT2D eigenvalue weighted by atomic mass is 9.71. The van der Waals surface area contributed by atoms with E-state index in [2.05, 4.69) is 32.8 Å². The Morgan fingerprint density at radius 3 is 2.87 bits per heavy atom. The van der Waals surface area contributed by atoms with E-state index >= 15 is 0 Å². The number of nitrogens with zero attached hydrogens (tertiary/aromatic N) is 5. The monoisotopic (exact) mass is 405 g/mol. The Labute approximate surface area is 178 Å². The number of piperidine rings is 3. The quantitative estimate of drug-likeness (QED) is 0.773. The van der Waals surface area contributed by atoms with Crippen LogP contribution in [0.5, 0.6) is 0 Å². The highest BCUT2D eigenvalue weighted by Crippen LogP contribution is 2.43. The molecule has 6 heteroatoms. The first-order valence-corrected chi connectivity index (χ1v) is 11.5. The van der Waals surface area contributed by atoms with Gasteiger partial charge in [0.2, 0.25) is 5.91 Å². The second kappa shape index (κ2) is 7.97. The number of pyridine rings is 1. The molecule has 30 heavy (non-hydrogen) atoms. The zero-order valence-electron chi connectivity index (χ0n) is 18.0. The number of carbonyl (C=O) groups is 1. The molecule has 0 unspecified atom stereocenters. The predicted molar refractivity (Wildman–Crippen MR) is 117 cm³/mol. The molecule has 158 valence electrons. The maximum absolute atomic E-state index is 12.8. The molecule has 5 rings (SSSR count). The van der Waals surface area contributed by atoms with Crippen molar-refractivity contribution in [3.63, 3.8) is 0 Å². The van der Waals surface area contributed by atoms with E-state index in [9.17, 15) is 4.79 Å². The first-order chi connectivity index (χ1) is 14.6. The van der Waals surface area contributed by atoms with Gasteiger partial charge in [-0.2, -0.15) is 0 Å². The first kappa shape index (κ1) is 19.5. The highest BCUT2D eigenvalue weighted by atomic mass is 16.2. The lowest BCUT2D eigenvalue weighted by molar-refractivity contribution is -0.149. The zero-order valence-corrected chi connectivity index (χ0v) is 18.0. The van der Waals surface area contributed by atoms with Gasteiger partial charge in [0.1, 0.15) is 5.82 Å². The maximum atomic E-state index is 12.8. The Kier molecular flexibility index (Phi) is 5.17. The Morgan fingerprint density at radius 1 is 1.20 bits per heavy atom. The maximum Gasteiger partial charge on any atom is 0.223 e. The van der Waals surface area contributed by atoms with Gasteiger partial charge in [0.25, 0.3) is 0 Å². The number of amides is 1. The van der Waals surface area contributed by atoms with Crippen LogP contribution in [0.1, 0.15) is 51.1 Å². The summed E-state index contributed by atoms with van der Waals surface area (Å²) in [6.07, 6.45) is 10.0. The van der Waals surface area contributed by atoms with E-state index < -0.39 is 0 Å².